The van der Waals surface area contributed by atoms with Crippen molar-refractivity contribution in [2.75, 3.05) is 24.7 Å². The zero-order valence-electron chi connectivity index (χ0n) is 36.6. The maximum absolute atomic E-state index is 11.6. The molecule has 0 unspecified atom stereocenters. The molecule has 0 fully saturated rings. The van der Waals surface area contributed by atoms with E-state index in [2.05, 4.69) is 27.7 Å². The molecule has 0 saturated heterocycles. The average Bonchev–Trinajstić information content (AvgIpc) is 3.16. The summed E-state index contributed by atoms with van der Waals surface area (Å²) in [7, 11) is 0. The van der Waals surface area contributed by atoms with Crippen LogP contribution in [-0.4, -0.2) is 58.8 Å². The van der Waals surface area contributed by atoms with E-state index < -0.39 is 11.9 Å². The Morgan fingerprint density at radius 1 is 0.345 bits per heavy atom. The van der Waals surface area contributed by atoms with Gasteiger partial charge in [-0.3, -0.25) is 19.2 Å². The number of carbonyl (C=O) groups excluding carboxylic acids is 2. The fourth-order valence-corrected chi connectivity index (χ4v) is 6.69. The molecule has 0 aromatic rings. The predicted octanol–water partition coefficient (Wildman–Crippen LogP) is 14.3. The van der Waals surface area contributed by atoms with Gasteiger partial charge in [0.2, 0.25) is 0 Å². The molecule has 0 aromatic heterocycles. The van der Waals surface area contributed by atoms with Crippen molar-refractivity contribution in [2.24, 2.45) is 0 Å². The smallest absolute Gasteiger partial charge is 0.306 e. The van der Waals surface area contributed by atoms with Crippen LogP contribution in [0, 0.1) is 0 Å². The summed E-state index contributed by atoms with van der Waals surface area (Å²) in [5.41, 5.74) is 0. The molecule has 0 atom stereocenters. The molecule has 0 heterocycles. The summed E-state index contributed by atoms with van der Waals surface area (Å²) < 4.78 is 10.5. The molecule has 0 spiro atoms. The van der Waals surface area contributed by atoms with Gasteiger partial charge in [-0.2, -0.15) is 11.8 Å². The van der Waals surface area contributed by atoms with Gasteiger partial charge in [-0.1, -0.05) is 195 Å². The van der Waals surface area contributed by atoms with Crippen LogP contribution >= 0.6 is 11.8 Å². The van der Waals surface area contributed by atoms with E-state index in [1.54, 1.807) is 11.8 Å². The summed E-state index contributed by atoms with van der Waals surface area (Å²) in [6.07, 6.45) is 38.1. The highest BCUT2D eigenvalue weighted by Gasteiger charge is 2.06. The number of unbranched alkanes of at least 4 members (excludes halogenated alkanes) is 26. The van der Waals surface area contributed by atoms with Crippen LogP contribution in [0.2, 0.25) is 0 Å². The van der Waals surface area contributed by atoms with Gasteiger partial charge in [0.15, 0.2) is 0 Å². The molecule has 0 bridgehead atoms. The third-order valence-electron chi connectivity index (χ3n) is 9.41. The lowest BCUT2D eigenvalue weighted by molar-refractivity contribution is -0.144. The second-order valence-electron chi connectivity index (χ2n) is 15.0. The Morgan fingerprint density at radius 2 is 0.582 bits per heavy atom. The third kappa shape index (κ3) is 61.7. The van der Waals surface area contributed by atoms with Crippen LogP contribution in [0.25, 0.3) is 0 Å². The monoisotopic (exact) mass is 803 g/mol. The van der Waals surface area contributed by atoms with E-state index in [1.165, 1.54) is 141 Å². The zero-order chi connectivity index (χ0) is 41.3. The first-order chi connectivity index (χ1) is 26.7. The minimum atomic E-state index is -0.659. The fraction of sp³-hybridized carbons (Fsp3) is 0.913. The molecule has 2 N–H and O–H groups in total. The Kier molecular flexibility index (Phi) is 54.7. The van der Waals surface area contributed by atoms with Gasteiger partial charge in [-0.25, -0.2) is 0 Å². The maximum Gasteiger partial charge on any atom is 0.306 e. The first-order valence-corrected chi connectivity index (χ1v) is 24.2. The Balaban J connectivity index is -0.000000813. The summed E-state index contributed by atoms with van der Waals surface area (Å²) in [4.78, 5) is 43.6. The molecule has 0 aliphatic heterocycles. The molecule has 9 heteroatoms. The minimum Gasteiger partial charge on any atom is -0.481 e. The molecule has 0 aliphatic rings. The Hall–Kier alpha value is -1.77. The van der Waals surface area contributed by atoms with Crippen LogP contribution in [0.1, 0.15) is 246 Å². The predicted molar refractivity (Wildman–Crippen MR) is 234 cm³/mol. The van der Waals surface area contributed by atoms with Crippen molar-refractivity contribution < 1.29 is 38.9 Å². The molecule has 0 aromatic carbocycles. The standard InChI is InChI=1S/C22H42O4S.2C12H24O2/c1-3-5-7-9-11-13-17-25-21(23)15-19-27-20-16-22(24)26-18-14-12-10-8-6-4-2;2*1-2-3-4-5-6-7-8-9-10-11-12(13)14/h3-20H2,1-2H3;2*2-11H2,1H3,(H,13,14). The van der Waals surface area contributed by atoms with Crippen LogP contribution in [0.15, 0.2) is 0 Å². The fourth-order valence-electron chi connectivity index (χ4n) is 5.87. The quantitative estimate of drug-likeness (QED) is 0.0460. The number of carboxylic acids is 2. The molecule has 0 saturated carbocycles. The van der Waals surface area contributed by atoms with Crippen molar-refractivity contribution in [1.82, 2.24) is 0 Å². The van der Waals surface area contributed by atoms with Crippen molar-refractivity contribution in [3.05, 3.63) is 0 Å². The van der Waals surface area contributed by atoms with Gasteiger partial charge in [0.25, 0.3) is 0 Å². The lowest BCUT2D eigenvalue weighted by atomic mass is 10.1. The number of hydrogen-bond donors (Lipinski definition) is 2. The van der Waals surface area contributed by atoms with Crippen LogP contribution in [0.3, 0.4) is 0 Å². The normalized spacial score (nSPS) is 10.5. The lowest BCUT2D eigenvalue weighted by Crippen LogP contribution is -2.09. The van der Waals surface area contributed by atoms with Crippen LogP contribution in [0.5, 0.6) is 0 Å². The van der Waals surface area contributed by atoms with E-state index in [9.17, 15) is 19.2 Å². The van der Waals surface area contributed by atoms with Gasteiger partial charge in [0, 0.05) is 24.3 Å². The van der Waals surface area contributed by atoms with Crippen molar-refractivity contribution in [3.8, 4) is 0 Å². The highest BCUT2D eigenvalue weighted by Crippen LogP contribution is 2.12. The number of rotatable bonds is 40. The highest BCUT2D eigenvalue weighted by molar-refractivity contribution is 7.99. The van der Waals surface area contributed by atoms with E-state index in [0.29, 0.717) is 50.4 Å². The zero-order valence-corrected chi connectivity index (χ0v) is 37.4. The molecule has 0 amide bonds. The van der Waals surface area contributed by atoms with Crippen molar-refractivity contribution in [2.45, 2.75) is 246 Å². The molecule has 0 rings (SSSR count). The van der Waals surface area contributed by atoms with Gasteiger partial charge in [0.05, 0.1) is 26.1 Å². The van der Waals surface area contributed by atoms with Crippen LogP contribution in [-0.2, 0) is 28.7 Å². The van der Waals surface area contributed by atoms with E-state index in [4.69, 9.17) is 19.7 Å². The minimum absolute atomic E-state index is 0.123. The second kappa shape index (κ2) is 52.2. The summed E-state index contributed by atoms with van der Waals surface area (Å²) in [6, 6.07) is 0. The van der Waals surface area contributed by atoms with Gasteiger partial charge in [-0.05, 0) is 25.7 Å². The van der Waals surface area contributed by atoms with E-state index in [1.807, 2.05) is 0 Å². The summed E-state index contributed by atoms with van der Waals surface area (Å²) >= 11 is 1.61. The largest absolute Gasteiger partial charge is 0.481 e. The van der Waals surface area contributed by atoms with Crippen molar-refractivity contribution in [1.29, 1.82) is 0 Å². The molecule has 328 valence electrons. The Labute approximate surface area is 344 Å². The van der Waals surface area contributed by atoms with Crippen molar-refractivity contribution >= 4 is 35.6 Å². The van der Waals surface area contributed by atoms with E-state index in [0.717, 1.165) is 51.4 Å². The second-order valence-corrected chi connectivity index (χ2v) is 16.3. The maximum atomic E-state index is 11.6. The molecule has 0 aliphatic carbocycles. The molecular formula is C46H90O8S. The highest BCUT2D eigenvalue weighted by atomic mass is 32.2. The SMILES string of the molecule is CCCCCCCCCCCC(=O)O.CCCCCCCCCCCC(=O)O.CCCCCCCCOC(=O)CCSCCC(=O)OCCCCCCCC. The van der Waals surface area contributed by atoms with Crippen LogP contribution in [0.4, 0.5) is 0 Å². The van der Waals surface area contributed by atoms with Gasteiger partial charge in [-0.15, -0.1) is 0 Å². The average molecular weight is 803 g/mol. The van der Waals surface area contributed by atoms with Gasteiger partial charge < -0.3 is 19.7 Å². The number of carboxylic acid groups (broad SMARTS) is 2. The van der Waals surface area contributed by atoms with E-state index >= 15 is 0 Å². The number of carbonyl (C=O) groups is 4. The molecular weight excluding hydrogens is 713 g/mol. The van der Waals surface area contributed by atoms with Gasteiger partial charge in [0.1, 0.15) is 0 Å². The van der Waals surface area contributed by atoms with E-state index in [-0.39, 0.29) is 11.9 Å². The Bertz CT molecular complexity index is 743. The summed E-state index contributed by atoms with van der Waals surface area (Å²) in [5, 5.41) is 16.8. The Morgan fingerprint density at radius 3 is 0.836 bits per heavy atom. The topological polar surface area (TPSA) is 127 Å². The van der Waals surface area contributed by atoms with Crippen molar-refractivity contribution in [3.63, 3.8) is 0 Å². The third-order valence-corrected chi connectivity index (χ3v) is 10.4. The number of hydrogen-bond acceptors (Lipinski definition) is 7. The van der Waals surface area contributed by atoms with Crippen LogP contribution < -0.4 is 0 Å². The number of esters is 2. The molecule has 8 nitrogen and oxygen atoms in total. The molecule has 55 heavy (non-hydrogen) atoms. The summed E-state index contributed by atoms with van der Waals surface area (Å²) in [5.74, 6) is -0.149. The first kappa shape index (κ1) is 57.6. The number of ether oxygens (including phenoxy) is 2. The summed E-state index contributed by atoms with van der Waals surface area (Å²) in [6.45, 7) is 9.96. The lowest BCUT2D eigenvalue weighted by Gasteiger charge is -2.06. The number of aliphatic carboxylic acids is 2. The number of thioether (sulfide) groups is 1. The van der Waals surface area contributed by atoms with Gasteiger partial charge >= 0.3 is 23.9 Å². The first-order valence-electron chi connectivity index (χ1n) is 23.1. The molecule has 0 radical (unpaired) electrons.